The fourth-order valence-corrected chi connectivity index (χ4v) is 2.38. The Morgan fingerprint density at radius 1 is 1.41 bits per heavy atom. The van der Waals surface area contributed by atoms with Crippen molar-refractivity contribution in [3.05, 3.63) is 45.9 Å². The van der Waals surface area contributed by atoms with E-state index in [0.29, 0.717) is 12.2 Å². The average Bonchev–Trinajstić information content (AvgIpc) is 2.83. The highest BCUT2D eigenvalue weighted by Crippen LogP contribution is 2.20. The van der Waals surface area contributed by atoms with Gasteiger partial charge in [-0.3, -0.25) is 4.98 Å². The van der Waals surface area contributed by atoms with Gasteiger partial charge in [0.2, 0.25) is 0 Å². The Morgan fingerprint density at radius 2 is 2.24 bits per heavy atom. The Labute approximate surface area is 105 Å². The molecule has 0 saturated carbocycles. The number of pyridine rings is 1. The molecule has 2 heterocycles. The van der Waals surface area contributed by atoms with Crippen molar-refractivity contribution in [3.8, 4) is 5.75 Å². The number of aromatic nitrogens is 1. The molecule has 2 aromatic rings. The van der Waals surface area contributed by atoms with Gasteiger partial charge in [-0.1, -0.05) is 6.07 Å². The molecule has 2 aromatic heterocycles. The highest BCUT2D eigenvalue weighted by Gasteiger charge is 2.08. The van der Waals surface area contributed by atoms with E-state index in [1.807, 2.05) is 19.1 Å². The van der Waals surface area contributed by atoms with Gasteiger partial charge < -0.3 is 10.4 Å². The quantitative estimate of drug-likeness (QED) is 0.874. The SMILES string of the molecule is Cc1ccc(O)c(CNC(C)c2cccs2)n1. The molecule has 2 N–H and O–H groups in total. The number of nitrogens with one attached hydrogen (secondary N) is 1. The number of thiophene rings is 1. The lowest BCUT2D eigenvalue weighted by molar-refractivity contribution is 0.454. The summed E-state index contributed by atoms with van der Waals surface area (Å²) in [5, 5.41) is 15.1. The first-order valence-electron chi connectivity index (χ1n) is 5.59. The van der Waals surface area contributed by atoms with E-state index in [-0.39, 0.29) is 11.8 Å². The van der Waals surface area contributed by atoms with Crippen molar-refractivity contribution in [3.63, 3.8) is 0 Å². The molecule has 0 amide bonds. The molecule has 0 radical (unpaired) electrons. The monoisotopic (exact) mass is 248 g/mol. The van der Waals surface area contributed by atoms with Crippen LogP contribution in [0.25, 0.3) is 0 Å². The van der Waals surface area contributed by atoms with E-state index in [0.717, 1.165) is 5.69 Å². The van der Waals surface area contributed by atoms with E-state index in [4.69, 9.17) is 0 Å². The van der Waals surface area contributed by atoms with E-state index in [2.05, 4.69) is 28.7 Å². The Morgan fingerprint density at radius 3 is 2.94 bits per heavy atom. The van der Waals surface area contributed by atoms with Crippen LogP contribution < -0.4 is 5.32 Å². The van der Waals surface area contributed by atoms with Crippen LogP contribution in [0.1, 0.15) is 29.2 Å². The Bertz CT molecular complexity index is 482. The lowest BCUT2D eigenvalue weighted by atomic mass is 10.2. The fourth-order valence-electron chi connectivity index (χ4n) is 1.62. The molecular weight excluding hydrogens is 232 g/mol. The molecule has 4 heteroatoms. The first-order chi connectivity index (χ1) is 8.16. The number of aryl methyl sites for hydroxylation is 1. The molecule has 90 valence electrons. The second kappa shape index (κ2) is 5.29. The zero-order valence-electron chi connectivity index (χ0n) is 9.97. The second-order valence-electron chi connectivity index (χ2n) is 4.04. The molecule has 1 unspecified atom stereocenters. The van der Waals surface area contributed by atoms with Crippen LogP contribution in [0.15, 0.2) is 29.6 Å². The van der Waals surface area contributed by atoms with Crippen molar-refractivity contribution in [1.82, 2.24) is 10.3 Å². The van der Waals surface area contributed by atoms with Crippen LogP contribution in [0.4, 0.5) is 0 Å². The van der Waals surface area contributed by atoms with Crippen LogP contribution in [-0.4, -0.2) is 10.1 Å². The highest BCUT2D eigenvalue weighted by atomic mass is 32.1. The molecule has 17 heavy (non-hydrogen) atoms. The molecule has 0 aliphatic rings. The Kier molecular flexibility index (Phi) is 3.76. The van der Waals surface area contributed by atoms with Gasteiger partial charge in [-0.15, -0.1) is 11.3 Å². The summed E-state index contributed by atoms with van der Waals surface area (Å²) in [5.41, 5.74) is 1.62. The first-order valence-corrected chi connectivity index (χ1v) is 6.47. The van der Waals surface area contributed by atoms with Crippen LogP contribution in [0.5, 0.6) is 5.75 Å². The van der Waals surface area contributed by atoms with Crippen molar-refractivity contribution in [2.45, 2.75) is 26.4 Å². The van der Waals surface area contributed by atoms with E-state index in [1.165, 1.54) is 4.88 Å². The van der Waals surface area contributed by atoms with Crippen molar-refractivity contribution in [2.24, 2.45) is 0 Å². The molecule has 2 rings (SSSR count). The third-order valence-corrected chi connectivity index (χ3v) is 3.69. The molecule has 0 bridgehead atoms. The zero-order chi connectivity index (χ0) is 12.3. The third kappa shape index (κ3) is 3.05. The zero-order valence-corrected chi connectivity index (χ0v) is 10.8. The first kappa shape index (κ1) is 12.1. The lowest BCUT2D eigenvalue weighted by Crippen LogP contribution is -2.18. The third-order valence-electron chi connectivity index (χ3n) is 2.64. The lowest BCUT2D eigenvalue weighted by Gasteiger charge is -2.12. The van der Waals surface area contributed by atoms with Crippen molar-refractivity contribution < 1.29 is 5.11 Å². The smallest absolute Gasteiger partial charge is 0.138 e. The number of hydrogen-bond donors (Lipinski definition) is 2. The van der Waals surface area contributed by atoms with E-state index in [1.54, 1.807) is 17.4 Å². The van der Waals surface area contributed by atoms with Crippen molar-refractivity contribution >= 4 is 11.3 Å². The second-order valence-corrected chi connectivity index (χ2v) is 5.02. The average molecular weight is 248 g/mol. The van der Waals surface area contributed by atoms with Crippen LogP contribution in [-0.2, 0) is 6.54 Å². The molecule has 0 spiro atoms. The van der Waals surface area contributed by atoms with Gasteiger partial charge in [-0.2, -0.15) is 0 Å². The van der Waals surface area contributed by atoms with E-state index >= 15 is 0 Å². The summed E-state index contributed by atoms with van der Waals surface area (Å²) in [6.07, 6.45) is 0. The van der Waals surface area contributed by atoms with Gasteiger partial charge in [0.15, 0.2) is 0 Å². The summed E-state index contributed by atoms with van der Waals surface area (Å²) in [5.74, 6) is 0.251. The summed E-state index contributed by atoms with van der Waals surface area (Å²) in [6, 6.07) is 7.92. The van der Waals surface area contributed by atoms with Crippen LogP contribution >= 0.6 is 11.3 Å². The summed E-state index contributed by atoms with van der Waals surface area (Å²) in [7, 11) is 0. The maximum atomic E-state index is 9.68. The predicted molar refractivity (Wildman–Crippen MR) is 70.2 cm³/mol. The van der Waals surface area contributed by atoms with Crippen LogP contribution in [0, 0.1) is 6.92 Å². The van der Waals surface area contributed by atoms with Gasteiger partial charge in [0.25, 0.3) is 0 Å². The largest absolute Gasteiger partial charge is 0.506 e. The van der Waals surface area contributed by atoms with Gasteiger partial charge in [0.05, 0.1) is 5.69 Å². The van der Waals surface area contributed by atoms with Gasteiger partial charge in [-0.05, 0) is 37.4 Å². The predicted octanol–water partition coefficient (Wildman–Crippen LogP) is 3.01. The standard InChI is InChI=1S/C13H16N2OS/c1-9-5-6-12(16)11(15-9)8-14-10(2)13-4-3-7-17-13/h3-7,10,14,16H,8H2,1-2H3. The van der Waals surface area contributed by atoms with Crippen molar-refractivity contribution in [2.75, 3.05) is 0 Å². The van der Waals surface area contributed by atoms with Gasteiger partial charge >= 0.3 is 0 Å². The molecule has 0 aliphatic carbocycles. The number of nitrogens with zero attached hydrogens (tertiary/aromatic N) is 1. The Balaban J connectivity index is 2.00. The molecular formula is C13H16N2OS. The number of rotatable bonds is 4. The maximum absolute atomic E-state index is 9.68. The fraction of sp³-hybridized carbons (Fsp3) is 0.308. The molecule has 0 saturated heterocycles. The minimum atomic E-state index is 0.251. The molecule has 0 fully saturated rings. The van der Waals surface area contributed by atoms with Gasteiger partial charge in [-0.25, -0.2) is 0 Å². The minimum Gasteiger partial charge on any atom is -0.506 e. The molecule has 0 aromatic carbocycles. The summed E-state index contributed by atoms with van der Waals surface area (Å²) in [4.78, 5) is 5.61. The summed E-state index contributed by atoms with van der Waals surface area (Å²) < 4.78 is 0. The highest BCUT2D eigenvalue weighted by molar-refractivity contribution is 7.10. The van der Waals surface area contributed by atoms with Crippen LogP contribution in [0.3, 0.4) is 0 Å². The summed E-state index contributed by atoms with van der Waals surface area (Å²) in [6.45, 7) is 4.61. The van der Waals surface area contributed by atoms with E-state index in [9.17, 15) is 5.11 Å². The van der Waals surface area contributed by atoms with Crippen LogP contribution in [0.2, 0.25) is 0 Å². The molecule has 1 atom stereocenters. The topological polar surface area (TPSA) is 45.1 Å². The molecule has 0 aliphatic heterocycles. The van der Waals surface area contributed by atoms with Crippen molar-refractivity contribution in [1.29, 1.82) is 0 Å². The van der Waals surface area contributed by atoms with Gasteiger partial charge in [0.1, 0.15) is 5.75 Å². The Hall–Kier alpha value is -1.39. The summed E-state index contributed by atoms with van der Waals surface area (Å²) >= 11 is 1.73. The number of aromatic hydroxyl groups is 1. The molecule has 3 nitrogen and oxygen atoms in total. The minimum absolute atomic E-state index is 0.251. The van der Waals surface area contributed by atoms with E-state index < -0.39 is 0 Å². The number of hydrogen-bond acceptors (Lipinski definition) is 4. The van der Waals surface area contributed by atoms with Gasteiger partial charge in [0, 0.05) is 23.2 Å². The maximum Gasteiger partial charge on any atom is 0.138 e. The normalized spacial score (nSPS) is 12.6.